The maximum absolute atomic E-state index is 13.6. The summed E-state index contributed by atoms with van der Waals surface area (Å²) in [6.45, 7) is 2.02. The molecule has 0 aromatic heterocycles. The van der Waals surface area contributed by atoms with Crippen LogP contribution in [-0.2, 0) is 4.79 Å². The Bertz CT molecular complexity index is 689. The Morgan fingerprint density at radius 1 is 1.29 bits per heavy atom. The van der Waals surface area contributed by atoms with E-state index in [0.29, 0.717) is 18.0 Å². The molecular weight excluding hydrogens is 311 g/mol. The fraction of sp³-hybridized carbons (Fsp3) is 0.444. The molecule has 1 aromatic rings. The van der Waals surface area contributed by atoms with Gasteiger partial charge >= 0.3 is 0 Å². The molecule has 0 unspecified atom stereocenters. The smallest absolute Gasteiger partial charge is 0.253 e. The standard InChI is InChI=1S/C18H21FN2O3/c1-10-6-14(10)17(23)21-16-5-3-12(19)8-15(16)18(24)20-13-4-2-11(7-13)9-22/h2-5,8,10-11,13-14,22H,6-7,9H2,1H3,(H,20,24)(H,21,23)/t10-,11+,13-,14+/m1/s1. The van der Waals surface area contributed by atoms with Gasteiger partial charge in [0.15, 0.2) is 0 Å². The van der Waals surface area contributed by atoms with E-state index in [0.717, 1.165) is 12.5 Å². The van der Waals surface area contributed by atoms with Gasteiger partial charge in [0.2, 0.25) is 5.91 Å². The van der Waals surface area contributed by atoms with E-state index in [1.807, 2.05) is 19.1 Å². The second-order valence-corrected chi connectivity index (χ2v) is 6.64. The molecule has 1 saturated carbocycles. The number of rotatable bonds is 5. The normalized spacial score (nSPS) is 27.8. The molecule has 0 saturated heterocycles. The molecule has 0 aliphatic heterocycles. The van der Waals surface area contributed by atoms with E-state index in [2.05, 4.69) is 10.6 Å². The highest BCUT2D eigenvalue weighted by atomic mass is 19.1. The largest absolute Gasteiger partial charge is 0.396 e. The molecule has 2 aliphatic rings. The number of benzene rings is 1. The first-order chi connectivity index (χ1) is 11.5. The Morgan fingerprint density at radius 3 is 2.67 bits per heavy atom. The van der Waals surface area contributed by atoms with Crippen molar-refractivity contribution in [3.05, 3.63) is 41.7 Å². The Labute approximate surface area is 139 Å². The molecule has 0 bridgehead atoms. The zero-order valence-corrected chi connectivity index (χ0v) is 13.5. The molecule has 0 heterocycles. The number of hydrogen-bond acceptors (Lipinski definition) is 3. The molecule has 5 nitrogen and oxygen atoms in total. The SMILES string of the molecule is C[C@@H]1C[C@@H]1C(=O)Nc1ccc(F)cc1C(=O)N[C@@H]1C=C[C@H](CO)C1. The summed E-state index contributed by atoms with van der Waals surface area (Å²) >= 11 is 0. The van der Waals surface area contributed by atoms with Gasteiger partial charge < -0.3 is 15.7 Å². The summed E-state index contributed by atoms with van der Waals surface area (Å²) in [7, 11) is 0. The van der Waals surface area contributed by atoms with Crippen LogP contribution in [-0.4, -0.2) is 29.6 Å². The van der Waals surface area contributed by atoms with Crippen molar-refractivity contribution in [2.24, 2.45) is 17.8 Å². The minimum absolute atomic E-state index is 0.0262. The van der Waals surface area contributed by atoms with Gasteiger partial charge in [-0.3, -0.25) is 9.59 Å². The number of carbonyl (C=O) groups is 2. The molecular formula is C18H21FN2O3. The number of hydrogen-bond donors (Lipinski definition) is 3. The Morgan fingerprint density at radius 2 is 2.04 bits per heavy atom. The third-order valence-electron chi connectivity index (χ3n) is 4.65. The van der Waals surface area contributed by atoms with E-state index >= 15 is 0 Å². The maximum Gasteiger partial charge on any atom is 0.253 e. The van der Waals surface area contributed by atoms with Crippen molar-refractivity contribution in [2.75, 3.05) is 11.9 Å². The Kier molecular flexibility index (Phi) is 4.66. The lowest BCUT2D eigenvalue weighted by molar-refractivity contribution is -0.117. The highest BCUT2D eigenvalue weighted by Crippen LogP contribution is 2.38. The van der Waals surface area contributed by atoms with Gasteiger partial charge in [-0.1, -0.05) is 19.1 Å². The molecule has 1 fully saturated rings. The zero-order chi connectivity index (χ0) is 17.3. The summed E-state index contributed by atoms with van der Waals surface area (Å²) in [6.07, 6.45) is 5.12. The molecule has 1 aromatic carbocycles. The lowest BCUT2D eigenvalue weighted by Gasteiger charge is -2.15. The van der Waals surface area contributed by atoms with Crippen molar-refractivity contribution in [1.82, 2.24) is 5.32 Å². The number of carbonyl (C=O) groups excluding carboxylic acids is 2. The summed E-state index contributed by atoms with van der Waals surface area (Å²) in [5.74, 6) is -0.770. The second-order valence-electron chi connectivity index (χ2n) is 6.64. The van der Waals surface area contributed by atoms with Gasteiger partial charge in [0.25, 0.3) is 5.91 Å². The first kappa shape index (κ1) is 16.6. The topological polar surface area (TPSA) is 78.4 Å². The molecule has 4 atom stereocenters. The van der Waals surface area contributed by atoms with Gasteiger partial charge in [-0.25, -0.2) is 4.39 Å². The summed E-state index contributed by atoms with van der Waals surface area (Å²) in [5.41, 5.74) is 0.427. The molecule has 24 heavy (non-hydrogen) atoms. The summed E-state index contributed by atoms with van der Waals surface area (Å²) in [6, 6.07) is 3.56. The van der Waals surface area contributed by atoms with Crippen LogP contribution in [0.5, 0.6) is 0 Å². The second kappa shape index (κ2) is 6.73. The fourth-order valence-corrected chi connectivity index (χ4v) is 2.99. The van der Waals surface area contributed by atoms with Crippen LogP contribution in [0.4, 0.5) is 10.1 Å². The summed E-state index contributed by atoms with van der Waals surface area (Å²) in [5, 5.41) is 14.7. The van der Waals surface area contributed by atoms with E-state index in [4.69, 9.17) is 5.11 Å². The number of aliphatic hydroxyl groups is 1. The highest BCUT2D eigenvalue weighted by Gasteiger charge is 2.39. The molecule has 3 N–H and O–H groups in total. The molecule has 3 rings (SSSR count). The molecule has 0 spiro atoms. The van der Waals surface area contributed by atoms with Crippen molar-refractivity contribution in [1.29, 1.82) is 0 Å². The first-order valence-electron chi connectivity index (χ1n) is 8.18. The van der Waals surface area contributed by atoms with Gasteiger partial charge in [-0.05, 0) is 37.0 Å². The van der Waals surface area contributed by atoms with Gasteiger partial charge in [-0.15, -0.1) is 0 Å². The highest BCUT2D eigenvalue weighted by molar-refractivity contribution is 6.04. The number of aliphatic hydroxyl groups excluding tert-OH is 1. The van der Waals surface area contributed by atoms with Gasteiger partial charge in [0.05, 0.1) is 11.3 Å². The lowest BCUT2D eigenvalue weighted by Crippen LogP contribution is -2.33. The molecule has 6 heteroatoms. The van der Waals surface area contributed by atoms with Gasteiger partial charge in [0.1, 0.15) is 5.82 Å². The fourth-order valence-electron chi connectivity index (χ4n) is 2.99. The Balaban J connectivity index is 1.71. The van der Waals surface area contributed by atoms with Crippen LogP contribution in [0.25, 0.3) is 0 Å². The molecule has 128 valence electrons. The number of amides is 2. The molecule has 0 radical (unpaired) electrons. The third-order valence-corrected chi connectivity index (χ3v) is 4.65. The van der Waals surface area contributed by atoms with Gasteiger partial charge in [0, 0.05) is 24.5 Å². The van der Waals surface area contributed by atoms with Crippen LogP contribution in [0.2, 0.25) is 0 Å². The minimum atomic E-state index is -0.534. The van der Waals surface area contributed by atoms with Crippen molar-refractivity contribution < 1.29 is 19.1 Å². The third kappa shape index (κ3) is 3.64. The van der Waals surface area contributed by atoms with Crippen molar-refractivity contribution in [2.45, 2.75) is 25.8 Å². The number of nitrogens with one attached hydrogen (secondary N) is 2. The predicted molar refractivity (Wildman–Crippen MR) is 87.9 cm³/mol. The van der Waals surface area contributed by atoms with Crippen LogP contribution >= 0.6 is 0 Å². The van der Waals surface area contributed by atoms with Crippen LogP contribution in [0, 0.1) is 23.6 Å². The van der Waals surface area contributed by atoms with Gasteiger partial charge in [-0.2, -0.15) is 0 Å². The summed E-state index contributed by atoms with van der Waals surface area (Å²) < 4.78 is 13.6. The van der Waals surface area contributed by atoms with E-state index < -0.39 is 11.7 Å². The lowest BCUT2D eigenvalue weighted by atomic mass is 10.1. The summed E-state index contributed by atoms with van der Waals surface area (Å²) in [4.78, 5) is 24.6. The van der Waals surface area contributed by atoms with Crippen molar-refractivity contribution in [3.8, 4) is 0 Å². The molecule has 2 aliphatic carbocycles. The number of halogens is 1. The van der Waals surface area contributed by atoms with Crippen LogP contribution in [0.3, 0.4) is 0 Å². The average molecular weight is 332 g/mol. The minimum Gasteiger partial charge on any atom is -0.396 e. The average Bonchev–Trinajstić information content (AvgIpc) is 3.12. The monoisotopic (exact) mass is 332 g/mol. The van der Waals surface area contributed by atoms with E-state index in [9.17, 15) is 14.0 Å². The predicted octanol–water partition coefficient (Wildman–Crippen LogP) is 2.09. The van der Waals surface area contributed by atoms with Crippen LogP contribution in [0.1, 0.15) is 30.1 Å². The van der Waals surface area contributed by atoms with E-state index in [-0.39, 0.29) is 36.0 Å². The van der Waals surface area contributed by atoms with E-state index in [1.54, 1.807) is 0 Å². The quantitative estimate of drug-likeness (QED) is 0.723. The maximum atomic E-state index is 13.6. The zero-order valence-electron chi connectivity index (χ0n) is 13.5. The Hall–Kier alpha value is -2.21. The van der Waals surface area contributed by atoms with Crippen LogP contribution in [0.15, 0.2) is 30.4 Å². The van der Waals surface area contributed by atoms with Crippen LogP contribution < -0.4 is 10.6 Å². The first-order valence-corrected chi connectivity index (χ1v) is 8.18. The van der Waals surface area contributed by atoms with Crippen molar-refractivity contribution in [3.63, 3.8) is 0 Å². The molecule has 2 amide bonds. The number of anilines is 1. The van der Waals surface area contributed by atoms with E-state index in [1.165, 1.54) is 12.1 Å². The van der Waals surface area contributed by atoms with Crippen molar-refractivity contribution >= 4 is 17.5 Å².